The highest BCUT2D eigenvalue weighted by Crippen LogP contribution is 2.09. The second-order valence-electron chi connectivity index (χ2n) is 5.17. The van der Waals surface area contributed by atoms with Gasteiger partial charge in [-0.3, -0.25) is 0 Å². The number of rotatable bonds is 6. The molecule has 4 heteroatoms. The van der Waals surface area contributed by atoms with E-state index in [-0.39, 0.29) is 6.29 Å². The van der Waals surface area contributed by atoms with Crippen LogP contribution in [0.5, 0.6) is 0 Å². The predicted octanol–water partition coefficient (Wildman–Crippen LogP) is 1.17. The quantitative estimate of drug-likeness (QED) is 0.698. The first-order valence-corrected chi connectivity index (χ1v) is 6.99. The average Bonchev–Trinajstić information content (AvgIpc) is 2.88. The molecular formula is C13H26N2O2. The summed E-state index contributed by atoms with van der Waals surface area (Å²) in [5, 5.41) is 0. The highest BCUT2D eigenvalue weighted by atomic mass is 16.7. The van der Waals surface area contributed by atoms with E-state index in [0.29, 0.717) is 0 Å². The van der Waals surface area contributed by atoms with Gasteiger partial charge in [0.25, 0.3) is 0 Å². The monoisotopic (exact) mass is 242 g/mol. The van der Waals surface area contributed by atoms with Crippen LogP contribution in [0.3, 0.4) is 0 Å². The van der Waals surface area contributed by atoms with Crippen LogP contribution < -0.4 is 0 Å². The molecule has 2 fully saturated rings. The van der Waals surface area contributed by atoms with Gasteiger partial charge in [-0.2, -0.15) is 0 Å². The molecule has 0 saturated carbocycles. The lowest BCUT2D eigenvalue weighted by molar-refractivity contribution is -0.182. The summed E-state index contributed by atoms with van der Waals surface area (Å²) < 4.78 is 11.1. The van der Waals surface area contributed by atoms with Crippen molar-refractivity contribution < 1.29 is 9.47 Å². The van der Waals surface area contributed by atoms with Crippen molar-refractivity contribution in [2.45, 2.75) is 32.0 Å². The van der Waals surface area contributed by atoms with Gasteiger partial charge in [0, 0.05) is 26.1 Å². The van der Waals surface area contributed by atoms with Gasteiger partial charge in [0.1, 0.15) is 0 Å². The topological polar surface area (TPSA) is 24.9 Å². The molecule has 100 valence electrons. The Bertz CT molecular complexity index is 202. The van der Waals surface area contributed by atoms with Crippen LogP contribution in [0.4, 0.5) is 0 Å². The van der Waals surface area contributed by atoms with Gasteiger partial charge < -0.3 is 19.3 Å². The first kappa shape index (κ1) is 13.3. The van der Waals surface area contributed by atoms with Crippen molar-refractivity contribution in [2.75, 3.05) is 53.0 Å². The van der Waals surface area contributed by atoms with Crippen LogP contribution in [0.1, 0.15) is 25.7 Å². The van der Waals surface area contributed by atoms with Crippen LogP contribution in [-0.4, -0.2) is 69.1 Å². The minimum absolute atomic E-state index is 0.0398. The summed E-state index contributed by atoms with van der Waals surface area (Å²) in [6.07, 6.45) is 4.84. The summed E-state index contributed by atoms with van der Waals surface area (Å²) in [5.41, 5.74) is 0. The maximum absolute atomic E-state index is 5.55. The number of hydrogen-bond donors (Lipinski definition) is 0. The van der Waals surface area contributed by atoms with Crippen molar-refractivity contribution in [3.63, 3.8) is 0 Å². The molecule has 0 bridgehead atoms. The van der Waals surface area contributed by atoms with Crippen LogP contribution in [0.2, 0.25) is 0 Å². The standard InChI is InChI=1S/C13H26N2O2/c1-14(9-10-15-6-2-3-7-15)8-5-13-16-11-4-12-17-13/h13H,2-12H2,1H3. The van der Waals surface area contributed by atoms with Gasteiger partial charge in [-0.15, -0.1) is 0 Å². The smallest absolute Gasteiger partial charge is 0.158 e. The zero-order valence-electron chi connectivity index (χ0n) is 11.1. The minimum Gasteiger partial charge on any atom is -0.353 e. The summed E-state index contributed by atoms with van der Waals surface area (Å²) in [6.45, 7) is 7.75. The lowest BCUT2D eigenvalue weighted by Crippen LogP contribution is -2.34. The number of likely N-dealkylation sites (tertiary alicyclic amines) is 1. The second-order valence-corrected chi connectivity index (χ2v) is 5.17. The van der Waals surface area contributed by atoms with Gasteiger partial charge in [-0.05, 0) is 39.4 Å². The van der Waals surface area contributed by atoms with Crippen LogP contribution in [0, 0.1) is 0 Å². The third kappa shape index (κ3) is 4.92. The first-order valence-electron chi connectivity index (χ1n) is 6.99. The number of ether oxygens (including phenoxy) is 2. The fourth-order valence-corrected chi connectivity index (χ4v) is 2.46. The fourth-order valence-electron chi connectivity index (χ4n) is 2.46. The summed E-state index contributed by atoms with van der Waals surface area (Å²) in [4.78, 5) is 4.95. The van der Waals surface area contributed by atoms with Crippen LogP contribution in [0.25, 0.3) is 0 Å². The van der Waals surface area contributed by atoms with Gasteiger partial charge >= 0.3 is 0 Å². The maximum atomic E-state index is 5.55. The minimum atomic E-state index is 0.0398. The molecule has 2 saturated heterocycles. The maximum Gasteiger partial charge on any atom is 0.158 e. The highest BCUT2D eigenvalue weighted by molar-refractivity contribution is 4.67. The Kier molecular flexibility index (Phi) is 5.71. The zero-order chi connectivity index (χ0) is 11.9. The molecule has 2 aliphatic heterocycles. The molecule has 0 aromatic heterocycles. The molecule has 0 atom stereocenters. The Balaban J connectivity index is 1.52. The second kappa shape index (κ2) is 7.31. The number of hydrogen-bond acceptors (Lipinski definition) is 4. The number of nitrogens with zero attached hydrogens (tertiary/aromatic N) is 2. The molecule has 0 aliphatic carbocycles. The van der Waals surface area contributed by atoms with Gasteiger partial charge in [0.2, 0.25) is 0 Å². The van der Waals surface area contributed by atoms with Crippen molar-refractivity contribution in [3.8, 4) is 0 Å². The van der Waals surface area contributed by atoms with Crippen molar-refractivity contribution in [1.29, 1.82) is 0 Å². The molecular weight excluding hydrogens is 216 g/mol. The van der Waals surface area contributed by atoms with E-state index in [9.17, 15) is 0 Å². The van der Waals surface area contributed by atoms with Gasteiger partial charge in [-0.1, -0.05) is 0 Å². The molecule has 17 heavy (non-hydrogen) atoms. The van der Waals surface area contributed by atoms with E-state index in [2.05, 4.69) is 16.8 Å². The van der Waals surface area contributed by atoms with E-state index in [0.717, 1.165) is 39.1 Å². The fraction of sp³-hybridized carbons (Fsp3) is 1.00. The van der Waals surface area contributed by atoms with Crippen molar-refractivity contribution in [1.82, 2.24) is 9.80 Å². The van der Waals surface area contributed by atoms with Crippen molar-refractivity contribution in [2.24, 2.45) is 0 Å². The zero-order valence-corrected chi connectivity index (χ0v) is 11.1. The summed E-state index contributed by atoms with van der Waals surface area (Å²) in [6, 6.07) is 0. The highest BCUT2D eigenvalue weighted by Gasteiger charge is 2.15. The van der Waals surface area contributed by atoms with Crippen molar-refractivity contribution in [3.05, 3.63) is 0 Å². The number of likely N-dealkylation sites (N-methyl/N-ethyl adjacent to an activating group) is 1. The van der Waals surface area contributed by atoms with Crippen LogP contribution in [-0.2, 0) is 9.47 Å². The Morgan fingerprint density at radius 3 is 2.47 bits per heavy atom. The molecule has 0 N–H and O–H groups in total. The Hall–Kier alpha value is -0.160. The third-order valence-electron chi connectivity index (χ3n) is 3.64. The molecule has 0 aromatic carbocycles. The van der Waals surface area contributed by atoms with E-state index in [1.165, 1.54) is 32.5 Å². The van der Waals surface area contributed by atoms with Crippen LogP contribution >= 0.6 is 0 Å². The van der Waals surface area contributed by atoms with E-state index in [1.807, 2.05) is 0 Å². The van der Waals surface area contributed by atoms with Gasteiger partial charge in [0.05, 0.1) is 13.2 Å². The van der Waals surface area contributed by atoms with E-state index >= 15 is 0 Å². The lowest BCUT2D eigenvalue weighted by atomic mass is 10.3. The molecule has 0 spiro atoms. The summed E-state index contributed by atoms with van der Waals surface area (Å²) in [5.74, 6) is 0. The molecule has 0 aromatic rings. The third-order valence-corrected chi connectivity index (χ3v) is 3.64. The Morgan fingerprint density at radius 2 is 1.76 bits per heavy atom. The molecule has 2 aliphatic rings. The predicted molar refractivity (Wildman–Crippen MR) is 68.1 cm³/mol. The molecule has 0 radical (unpaired) electrons. The molecule has 2 heterocycles. The van der Waals surface area contributed by atoms with Crippen LogP contribution in [0.15, 0.2) is 0 Å². The largest absolute Gasteiger partial charge is 0.353 e. The lowest BCUT2D eigenvalue weighted by Gasteiger charge is -2.26. The Morgan fingerprint density at radius 1 is 1.06 bits per heavy atom. The summed E-state index contributed by atoms with van der Waals surface area (Å²) in [7, 11) is 2.19. The van der Waals surface area contributed by atoms with E-state index in [1.54, 1.807) is 0 Å². The normalized spacial score (nSPS) is 23.6. The molecule has 4 nitrogen and oxygen atoms in total. The van der Waals surface area contributed by atoms with Crippen molar-refractivity contribution >= 4 is 0 Å². The van der Waals surface area contributed by atoms with E-state index < -0.39 is 0 Å². The first-order chi connectivity index (χ1) is 8.34. The average molecular weight is 242 g/mol. The SMILES string of the molecule is CN(CCC1OCCCO1)CCN1CCCC1. The molecule has 2 rings (SSSR count). The van der Waals surface area contributed by atoms with Gasteiger partial charge in [-0.25, -0.2) is 0 Å². The molecule has 0 unspecified atom stereocenters. The van der Waals surface area contributed by atoms with E-state index in [4.69, 9.17) is 9.47 Å². The molecule has 0 amide bonds. The summed E-state index contributed by atoms with van der Waals surface area (Å²) >= 11 is 0. The van der Waals surface area contributed by atoms with Gasteiger partial charge in [0.15, 0.2) is 6.29 Å². The Labute approximate surface area is 105 Å².